The quantitative estimate of drug-likeness (QED) is 0.598. The van der Waals surface area contributed by atoms with Gasteiger partial charge < -0.3 is 4.98 Å². The van der Waals surface area contributed by atoms with Crippen molar-refractivity contribution in [2.24, 2.45) is 0 Å². The van der Waals surface area contributed by atoms with Crippen molar-refractivity contribution in [3.05, 3.63) is 23.5 Å². The van der Waals surface area contributed by atoms with Gasteiger partial charge in [0.05, 0.1) is 5.69 Å². The molecule has 1 nitrogen and oxygen atoms in total. The maximum absolute atomic E-state index is 12.8. The number of aromatic nitrogens is 1. The second kappa shape index (κ2) is 2.32. The Bertz CT molecular complexity index is 258. The third kappa shape index (κ3) is 1.59. The molecule has 0 aliphatic heterocycles. The summed E-state index contributed by atoms with van der Waals surface area (Å²) in [6.45, 7) is 5.46. The van der Waals surface area contributed by atoms with Crippen LogP contribution in [0, 0.1) is 11.8 Å². The molecular formula is C8H11F2N. The molecule has 0 unspecified atom stereocenters. The van der Waals surface area contributed by atoms with E-state index in [9.17, 15) is 8.78 Å². The van der Waals surface area contributed by atoms with Gasteiger partial charge in [0.25, 0.3) is 0 Å². The second-order valence-electron chi connectivity index (χ2n) is 3.59. The van der Waals surface area contributed by atoms with Crippen molar-refractivity contribution in [3.63, 3.8) is 0 Å². The highest BCUT2D eigenvalue weighted by molar-refractivity contribution is 5.16. The normalized spacial score (nSPS) is 12.1. The minimum Gasteiger partial charge on any atom is -0.332 e. The average Bonchev–Trinajstić information content (AvgIpc) is 2.08. The molecule has 1 aromatic heterocycles. The molecule has 1 rings (SSSR count). The molecule has 3 heteroatoms. The summed E-state index contributed by atoms with van der Waals surface area (Å²) in [6, 6.07) is 0.862. The van der Waals surface area contributed by atoms with Crippen LogP contribution < -0.4 is 0 Å². The minimum atomic E-state index is -0.618. The Morgan fingerprint density at radius 2 is 1.82 bits per heavy atom. The number of halogens is 2. The summed E-state index contributed by atoms with van der Waals surface area (Å²) < 4.78 is 25.3. The summed E-state index contributed by atoms with van der Waals surface area (Å²) in [6.07, 6.45) is 0. The first-order chi connectivity index (χ1) is 4.91. The standard InChI is InChI=1S/C8H11F2N/c1-8(2,3)7-5(9)4-6(10)11-7/h4,11H,1-3H3. The van der Waals surface area contributed by atoms with Gasteiger partial charge in [-0.25, -0.2) is 4.39 Å². The third-order valence-electron chi connectivity index (χ3n) is 1.49. The van der Waals surface area contributed by atoms with Crippen molar-refractivity contribution >= 4 is 0 Å². The van der Waals surface area contributed by atoms with Crippen LogP contribution in [0.3, 0.4) is 0 Å². The van der Waals surface area contributed by atoms with E-state index in [0.717, 1.165) is 6.07 Å². The zero-order valence-corrected chi connectivity index (χ0v) is 6.83. The van der Waals surface area contributed by atoms with E-state index in [-0.39, 0.29) is 5.41 Å². The van der Waals surface area contributed by atoms with Crippen LogP contribution >= 0.6 is 0 Å². The first-order valence-corrected chi connectivity index (χ1v) is 3.46. The summed E-state index contributed by atoms with van der Waals surface area (Å²) in [7, 11) is 0. The fraction of sp³-hybridized carbons (Fsp3) is 0.500. The fourth-order valence-electron chi connectivity index (χ4n) is 0.944. The van der Waals surface area contributed by atoms with E-state index >= 15 is 0 Å². The maximum Gasteiger partial charge on any atom is 0.194 e. The van der Waals surface area contributed by atoms with Crippen LogP contribution in [0.2, 0.25) is 0 Å². The van der Waals surface area contributed by atoms with Crippen molar-refractivity contribution < 1.29 is 8.78 Å². The van der Waals surface area contributed by atoms with E-state index in [1.54, 1.807) is 0 Å². The molecule has 0 atom stereocenters. The minimum absolute atomic E-state index is 0.315. The Balaban J connectivity index is 3.13. The molecule has 1 heterocycles. The van der Waals surface area contributed by atoms with E-state index in [1.165, 1.54) is 0 Å². The molecule has 0 fully saturated rings. The van der Waals surface area contributed by atoms with Gasteiger partial charge in [0.15, 0.2) is 5.95 Å². The highest BCUT2D eigenvalue weighted by Crippen LogP contribution is 2.23. The lowest BCUT2D eigenvalue weighted by molar-refractivity contribution is 0.507. The lowest BCUT2D eigenvalue weighted by atomic mass is 9.92. The van der Waals surface area contributed by atoms with Crippen LogP contribution in [0.1, 0.15) is 26.5 Å². The largest absolute Gasteiger partial charge is 0.332 e. The smallest absolute Gasteiger partial charge is 0.194 e. The van der Waals surface area contributed by atoms with Gasteiger partial charge in [-0.15, -0.1) is 0 Å². The molecule has 11 heavy (non-hydrogen) atoms. The number of rotatable bonds is 0. The first kappa shape index (κ1) is 8.24. The molecule has 0 spiro atoms. The molecule has 1 aromatic rings. The Morgan fingerprint density at radius 3 is 2.00 bits per heavy atom. The fourth-order valence-corrected chi connectivity index (χ4v) is 0.944. The second-order valence-corrected chi connectivity index (χ2v) is 3.59. The van der Waals surface area contributed by atoms with Crippen LogP contribution in [-0.4, -0.2) is 4.98 Å². The molecule has 0 saturated carbocycles. The number of H-pyrrole nitrogens is 1. The molecular weight excluding hydrogens is 148 g/mol. The summed E-state index contributed by atoms with van der Waals surface area (Å²) in [5, 5.41) is 0. The van der Waals surface area contributed by atoms with Crippen molar-refractivity contribution in [3.8, 4) is 0 Å². The molecule has 1 N–H and O–H groups in total. The van der Waals surface area contributed by atoms with E-state index in [4.69, 9.17) is 0 Å². The molecule has 0 bridgehead atoms. The Hall–Kier alpha value is -0.860. The summed E-state index contributed by atoms with van der Waals surface area (Å²) in [5.41, 5.74) is -0.0518. The van der Waals surface area contributed by atoms with Gasteiger partial charge >= 0.3 is 0 Å². The lowest BCUT2D eigenvalue weighted by Gasteiger charge is -2.15. The van der Waals surface area contributed by atoms with E-state index in [1.807, 2.05) is 20.8 Å². The van der Waals surface area contributed by atoms with Crippen molar-refractivity contribution in [2.75, 3.05) is 0 Å². The van der Waals surface area contributed by atoms with Gasteiger partial charge in [-0.3, -0.25) is 0 Å². The SMILES string of the molecule is CC(C)(C)c1[nH]c(F)cc1F. The van der Waals surface area contributed by atoms with Gasteiger partial charge in [0.2, 0.25) is 0 Å². The lowest BCUT2D eigenvalue weighted by Crippen LogP contribution is -2.13. The number of hydrogen-bond acceptors (Lipinski definition) is 0. The van der Waals surface area contributed by atoms with Crippen molar-refractivity contribution in [1.29, 1.82) is 0 Å². The highest BCUT2D eigenvalue weighted by atomic mass is 19.1. The first-order valence-electron chi connectivity index (χ1n) is 3.46. The molecule has 0 radical (unpaired) electrons. The van der Waals surface area contributed by atoms with Crippen LogP contribution in [0.5, 0.6) is 0 Å². The van der Waals surface area contributed by atoms with Crippen LogP contribution in [0.25, 0.3) is 0 Å². The van der Waals surface area contributed by atoms with Gasteiger partial charge in [0, 0.05) is 11.5 Å². The number of hydrogen-bond donors (Lipinski definition) is 1. The summed E-state index contributed by atoms with van der Waals surface area (Å²) in [4.78, 5) is 2.34. The van der Waals surface area contributed by atoms with Crippen LogP contribution in [-0.2, 0) is 5.41 Å². The number of nitrogens with one attached hydrogen (secondary N) is 1. The third-order valence-corrected chi connectivity index (χ3v) is 1.49. The topological polar surface area (TPSA) is 15.8 Å². The van der Waals surface area contributed by atoms with Gasteiger partial charge in [-0.2, -0.15) is 4.39 Å². The Labute approximate surface area is 64.4 Å². The maximum atomic E-state index is 12.8. The molecule has 62 valence electrons. The molecule has 0 aliphatic carbocycles. The average molecular weight is 159 g/mol. The zero-order valence-electron chi connectivity index (χ0n) is 6.83. The molecule has 0 amide bonds. The predicted molar refractivity (Wildman–Crippen MR) is 39.4 cm³/mol. The predicted octanol–water partition coefficient (Wildman–Crippen LogP) is 2.59. The van der Waals surface area contributed by atoms with Crippen LogP contribution in [0.15, 0.2) is 6.07 Å². The van der Waals surface area contributed by atoms with Gasteiger partial charge in [-0.1, -0.05) is 20.8 Å². The highest BCUT2D eigenvalue weighted by Gasteiger charge is 2.20. The van der Waals surface area contributed by atoms with Crippen molar-refractivity contribution in [1.82, 2.24) is 4.98 Å². The van der Waals surface area contributed by atoms with Gasteiger partial charge in [-0.05, 0) is 0 Å². The van der Waals surface area contributed by atoms with E-state index in [0.29, 0.717) is 5.69 Å². The monoisotopic (exact) mass is 159 g/mol. The molecule has 0 aromatic carbocycles. The summed E-state index contributed by atoms with van der Waals surface area (Å²) in [5.74, 6) is -1.12. The number of aromatic amines is 1. The van der Waals surface area contributed by atoms with Crippen LogP contribution in [0.4, 0.5) is 8.78 Å². The van der Waals surface area contributed by atoms with E-state index < -0.39 is 11.8 Å². The van der Waals surface area contributed by atoms with E-state index in [2.05, 4.69) is 4.98 Å². The van der Waals surface area contributed by atoms with Gasteiger partial charge in [0.1, 0.15) is 5.82 Å². The molecule has 0 saturated heterocycles. The summed E-state index contributed by atoms with van der Waals surface area (Å²) >= 11 is 0. The zero-order chi connectivity index (χ0) is 8.65. The Kier molecular flexibility index (Phi) is 1.74. The Morgan fingerprint density at radius 1 is 1.27 bits per heavy atom. The van der Waals surface area contributed by atoms with Crippen molar-refractivity contribution in [2.45, 2.75) is 26.2 Å². The molecule has 0 aliphatic rings.